The van der Waals surface area contributed by atoms with Gasteiger partial charge in [0.05, 0.1) is 15.7 Å². The number of halogens is 5. The number of alkyl halides is 2. The van der Waals surface area contributed by atoms with E-state index in [9.17, 15) is 18.4 Å². The average Bonchev–Trinajstić information content (AvgIpc) is 2.76. The Bertz CT molecular complexity index is 851. The molecule has 0 fully saturated rings. The highest BCUT2D eigenvalue weighted by Crippen LogP contribution is 2.33. The van der Waals surface area contributed by atoms with E-state index in [2.05, 4.69) is 5.10 Å². The second-order valence-corrected chi connectivity index (χ2v) is 5.87. The van der Waals surface area contributed by atoms with E-state index in [1.165, 1.54) is 26.0 Å². The molecule has 0 N–H and O–H groups in total. The van der Waals surface area contributed by atoms with Gasteiger partial charge in [0.2, 0.25) is 0 Å². The molecule has 11 heteroatoms. The van der Waals surface area contributed by atoms with Crippen LogP contribution in [0.25, 0.3) is 5.69 Å². The lowest BCUT2D eigenvalue weighted by atomic mass is 10.3. The van der Waals surface area contributed by atoms with Crippen LogP contribution in [0, 0.1) is 6.92 Å². The molecule has 0 aliphatic rings. The second-order valence-electron chi connectivity index (χ2n) is 4.69. The Balaban J connectivity index is 2.58. The molecule has 0 amide bonds. The molecule has 2 aromatic rings. The fourth-order valence-corrected chi connectivity index (χ4v) is 2.42. The van der Waals surface area contributed by atoms with E-state index >= 15 is 0 Å². The molecule has 130 valence electrons. The van der Waals surface area contributed by atoms with Gasteiger partial charge in [-0.25, -0.2) is 9.36 Å². The Kier molecular flexibility index (Phi) is 5.52. The third kappa shape index (κ3) is 3.55. The van der Waals surface area contributed by atoms with Crippen LogP contribution in [0.4, 0.5) is 8.78 Å². The summed E-state index contributed by atoms with van der Waals surface area (Å²) < 4.78 is 32.0. The van der Waals surface area contributed by atoms with E-state index in [0.29, 0.717) is 4.68 Å². The minimum absolute atomic E-state index is 0.00582. The summed E-state index contributed by atoms with van der Waals surface area (Å²) in [5, 5.41) is 3.02. The first-order chi connectivity index (χ1) is 11.1. The highest BCUT2D eigenvalue weighted by atomic mass is 35.5. The first-order valence-corrected chi connectivity index (χ1v) is 7.58. The number of hydrogen-bond acceptors (Lipinski definition) is 4. The van der Waals surface area contributed by atoms with E-state index in [1.54, 1.807) is 0 Å². The molecule has 0 radical (unpaired) electrons. The summed E-state index contributed by atoms with van der Waals surface area (Å²) in [4.78, 5) is 23.2. The molecule has 1 heterocycles. The molecular formula is C13H10Cl3F2N3O3. The number of carbonyl (C=O) groups excluding carboxylic acids is 1. The van der Waals surface area contributed by atoms with Crippen molar-refractivity contribution in [3.63, 3.8) is 0 Å². The topological polar surface area (TPSA) is 66.1 Å². The van der Waals surface area contributed by atoms with Crippen molar-refractivity contribution in [2.75, 3.05) is 0 Å². The van der Waals surface area contributed by atoms with E-state index in [0.717, 1.165) is 0 Å². The summed E-state index contributed by atoms with van der Waals surface area (Å²) in [7, 11) is 0. The summed E-state index contributed by atoms with van der Waals surface area (Å²) in [6, 6.07) is 2.45. The largest absolute Gasteiger partial charge is 0.480 e. The van der Waals surface area contributed by atoms with Gasteiger partial charge in [-0.15, -0.1) is 5.10 Å². The molecule has 1 aromatic carbocycles. The van der Waals surface area contributed by atoms with E-state index in [-0.39, 0.29) is 31.9 Å². The van der Waals surface area contributed by atoms with E-state index in [1.807, 2.05) is 0 Å². The molecule has 1 atom stereocenters. The van der Waals surface area contributed by atoms with Crippen LogP contribution in [0.1, 0.15) is 19.3 Å². The van der Waals surface area contributed by atoms with Crippen LogP contribution < -0.4 is 10.4 Å². The monoisotopic (exact) mass is 399 g/mol. The van der Waals surface area contributed by atoms with Gasteiger partial charge >= 0.3 is 12.2 Å². The Morgan fingerprint density at radius 2 is 1.92 bits per heavy atom. The van der Waals surface area contributed by atoms with Crippen LogP contribution in [0.5, 0.6) is 5.75 Å². The van der Waals surface area contributed by atoms with Gasteiger partial charge in [-0.05, 0) is 31.5 Å². The van der Waals surface area contributed by atoms with E-state index in [4.69, 9.17) is 39.5 Å². The molecule has 0 aliphatic carbocycles. The first-order valence-electron chi connectivity index (χ1n) is 6.45. The van der Waals surface area contributed by atoms with Crippen molar-refractivity contribution in [3.05, 3.63) is 38.5 Å². The lowest BCUT2D eigenvalue weighted by molar-refractivity contribution is -0.117. The molecule has 24 heavy (non-hydrogen) atoms. The predicted octanol–water partition coefficient (Wildman–Crippen LogP) is 3.58. The number of aryl methyl sites for hydroxylation is 1. The fraction of sp³-hybridized carbons (Fsp3) is 0.308. The predicted molar refractivity (Wildman–Crippen MR) is 84.8 cm³/mol. The van der Waals surface area contributed by atoms with E-state index < -0.39 is 23.6 Å². The van der Waals surface area contributed by atoms with Gasteiger partial charge in [0.25, 0.3) is 5.24 Å². The molecule has 6 nitrogen and oxygen atoms in total. The third-order valence-electron chi connectivity index (χ3n) is 3.03. The number of carbonyl (C=O) groups is 1. The van der Waals surface area contributed by atoms with Crippen molar-refractivity contribution in [2.45, 2.75) is 26.5 Å². The Morgan fingerprint density at radius 1 is 1.29 bits per heavy atom. The summed E-state index contributed by atoms with van der Waals surface area (Å²) in [5.41, 5.74) is -1.11. The van der Waals surface area contributed by atoms with Crippen molar-refractivity contribution < 1.29 is 18.3 Å². The zero-order chi connectivity index (χ0) is 18.2. The third-order valence-corrected chi connectivity index (χ3v) is 3.93. The maximum absolute atomic E-state index is 12.9. The van der Waals surface area contributed by atoms with Gasteiger partial charge < -0.3 is 4.74 Å². The molecule has 0 bridgehead atoms. The van der Waals surface area contributed by atoms with Gasteiger partial charge in [0, 0.05) is 6.07 Å². The minimum Gasteiger partial charge on any atom is -0.480 e. The molecule has 0 saturated carbocycles. The van der Waals surface area contributed by atoms with Crippen molar-refractivity contribution in [3.8, 4) is 11.4 Å². The van der Waals surface area contributed by atoms with Gasteiger partial charge in [-0.2, -0.15) is 13.5 Å². The first kappa shape index (κ1) is 18.7. The summed E-state index contributed by atoms with van der Waals surface area (Å²) in [6.45, 7) is -0.414. The normalized spacial score (nSPS) is 12.5. The fourth-order valence-electron chi connectivity index (χ4n) is 1.87. The number of ether oxygens (including phenoxy) is 1. The lowest BCUT2D eigenvalue weighted by Crippen LogP contribution is -2.25. The van der Waals surface area contributed by atoms with Crippen molar-refractivity contribution in [1.29, 1.82) is 0 Å². The quantitative estimate of drug-likeness (QED) is 0.720. The standard InChI is InChI=1S/C13H10Cl3F2N3O3/c1-5(11(16)22)24-10-4-9(7(14)3-8(10)15)21-13(23)20(12(17)18)6(2)19-21/h3-5,12H,1-2H3. The van der Waals surface area contributed by atoms with Crippen LogP contribution in [0.2, 0.25) is 10.0 Å². The SMILES string of the molecule is Cc1nn(-c2cc(OC(C)C(=O)Cl)c(Cl)cc2Cl)c(=O)n1C(F)F. The minimum atomic E-state index is -3.05. The highest BCUT2D eigenvalue weighted by molar-refractivity contribution is 6.64. The van der Waals surface area contributed by atoms with Gasteiger partial charge in [0.1, 0.15) is 11.6 Å². The number of nitrogens with zero attached hydrogens (tertiary/aromatic N) is 3. The Labute approximate surface area is 149 Å². The Hall–Kier alpha value is -1.64. The zero-order valence-electron chi connectivity index (χ0n) is 12.3. The molecule has 0 spiro atoms. The van der Waals surface area contributed by atoms with Crippen LogP contribution in [-0.4, -0.2) is 25.7 Å². The summed E-state index contributed by atoms with van der Waals surface area (Å²) >= 11 is 17.3. The van der Waals surface area contributed by atoms with Crippen LogP contribution >= 0.6 is 34.8 Å². The Morgan fingerprint density at radius 3 is 2.42 bits per heavy atom. The summed E-state index contributed by atoms with van der Waals surface area (Å²) in [6.07, 6.45) is -1.02. The number of benzene rings is 1. The number of hydrogen-bond donors (Lipinski definition) is 0. The van der Waals surface area contributed by atoms with Gasteiger partial charge in [-0.1, -0.05) is 23.2 Å². The number of rotatable bonds is 5. The molecular weight excluding hydrogens is 391 g/mol. The molecule has 1 aromatic heterocycles. The zero-order valence-corrected chi connectivity index (χ0v) is 14.5. The molecule has 1 unspecified atom stereocenters. The van der Waals surface area contributed by atoms with Crippen molar-refractivity contribution in [2.24, 2.45) is 0 Å². The van der Waals surface area contributed by atoms with Crippen LogP contribution in [-0.2, 0) is 4.79 Å². The summed E-state index contributed by atoms with van der Waals surface area (Å²) in [5.74, 6) is -0.207. The van der Waals surface area contributed by atoms with Crippen LogP contribution in [0.3, 0.4) is 0 Å². The maximum atomic E-state index is 12.9. The highest BCUT2D eigenvalue weighted by Gasteiger charge is 2.22. The molecule has 0 aliphatic heterocycles. The average molecular weight is 401 g/mol. The van der Waals surface area contributed by atoms with Crippen molar-refractivity contribution in [1.82, 2.24) is 14.3 Å². The lowest BCUT2D eigenvalue weighted by Gasteiger charge is -2.14. The molecule has 2 rings (SSSR count). The van der Waals surface area contributed by atoms with Gasteiger partial charge in [-0.3, -0.25) is 4.79 Å². The number of aromatic nitrogens is 3. The maximum Gasteiger partial charge on any atom is 0.355 e. The van der Waals surface area contributed by atoms with Crippen molar-refractivity contribution >= 4 is 40.0 Å². The van der Waals surface area contributed by atoms with Crippen LogP contribution in [0.15, 0.2) is 16.9 Å². The smallest absolute Gasteiger partial charge is 0.355 e. The van der Waals surface area contributed by atoms with Gasteiger partial charge in [0.15, 0.2) is 6.10 Å². The molecule has 0 saturated heterocycles. The second kappa shape index (κ2) is 7.08.